The maximum absolute atomic E-state index is 14.5. The Morgan fingerprint density at radius 1 is 1.00 bits per heavy atom. The van der Waals surface area contributed by atoms with E-state index in [1.165, 1.54) is 11.3 Å². The van der Waals surface area contributed by atoms with Crippen LogP contribution < -0.4 is 24.4 Å². The Balaban J connectivity index is 1.56. The fourth-order valence-corrected chi connectivity index (χ4v) is 7.01. The summed E-state index contributed by atoms with van der Waals surface area (Å²) in [5.74, 6) is 0.695. The van der Waals surface area contributed by atoms with E-state index in [2.05, 4.69) is 0 Å². The Labute approximate surface area is 275 Å². The molecule has 0 N–H and O–H groups in total. The van der Waals surface area contributed by atoms with Crippen molar-refractivity contribution in [2.24, 2.45) is 4.99 Å². The number of carbonyl (C=O) groups is 1. The van der Waals surface area contributed by atoms with Crippen LogP contribution in [0, 0.1) is 0 Å². The highest BCUT2D eigenvalue weighted by Crippen LogP contribution is 2.41. The second-order valence-corrected chi connectivity index (χ2v) is 12.2. The molecule has 0 spiro atoms. The van der Waals surface area contributed by atoms with Gasteiger partial charge in [0.2, 0.25) is 0 Å². The minimum Gasteiger partial charge on any atom is -0.496 e. The van der Waals surface area contributed by atoms with Crippen LogP contribution in [-0.4, -0.2) is 24.3 Å². The topological polar surface area (TPSA) is 79.1 Å². The molecule has 2 heterocycles. The summed E-state index contributed by atoms with van der Waals surface area (Å²) in [5.41, 5.74) is 3.07. The SMILES string of the molecule is CCCC1=C(C(=O)OCC)[C@H](c2c(OC)ccc3ccccc23)n2c(s/c(=C\c3ccccc3OCc3cccc(Cl)c3)c2=O)=N1. The van der Waals surface area contributed by atoms with Gasteiger partial charge in [-0.2, -0.15) is 0 Å². The van der Waals surface area contributed by atoms with Crippen LogP contribution in [0.15, 0.2) is 106 Å². The number of aromatic nitrogens is 1. The number of methoxy groups -OCH3 is 1. The largest absolute Gasteiger partial charge is 0.496 e. The number of nitrogens with zero attached hydrogens (tertiary/aromatic N) is 2. The van der Waals surface area contributed by atoms with Gasteiger partial charge in [0.25, 0.3) is 5.56 Å². The minimum atomic E-state index is -0.811. The van der Waals surface area contributed by atoms with Gasteiger partial charge >= 0.3 is 5.97 Å². The molecule has 0 fully saturated rings. The van der Waals surface area contributed by atoms with Crippen LogP contribution >= 0.6 is 22.9 Å². The van der Waals surface area contributed by atoms with Crippen LogP contribution in [0.2, 0.25) is 5.02 Å². The van der Waals surface area contributed by atoms with Crippen molar-refractivity contribution >= 4 is 45.8 Å². The molecule has 0 saturated heterocycles. The number of hydrogen-bond donors (Lipinski definition) is 0. The molecule has 6 rings (SSSR count). The fraction of sp³-hybridized carbons (Fsp3) is 0.216. The van der Waals surface area contributed by atoms with Crippen LogP contribution in [-0.2, 0) is 16.1 Å². The summed E-state index contributed by atoms with van der Waals surface area (Å²) in [6.07, 6.45) is 3.12. The number of rotatable bonds is 10. The molecule has 1 aliphatic rings. The molecule has 0 unspecified atom stereocenters. The summed E-state index contributed by atoms with van der Waals surface area (Å²) >= 11 is 7.45. The lowest BCUT2D eigenvalue weighted by Gasteiger charge is -2.28. The normalized spacial score (nSPS) is 14.6. The Kier molecular flexibility index (Phi) is 9.38. The van der Waals surface area contributed by atoms with E-state index in [0.717, 1.165) is 28.3 Å². The van der Waals surface area contributed by atoms with Crippen molar-refractivity contribution in [1.82, 2.24) is 4.57 Å². The predicted molar refractivity (Wildman–Crippen MR) is 182 cm³/mol. The first kappa shape index (κ1) is 31.3. The van der Waals surface area contributed by atoms with Crippen LogP contribution in [0.3, 0.4) is 0 Å². The van der Waals surface area contributed by atoms with Crippen molar-refractivity contribution < 1.29 is 19.0 Å². The number of carbonyl (C=O) groups excluding carboxylic acids is 1. The van der Waals surface area contributed by atoms with Crippen molar-refractivity contribution in [3.63, 3.8) is 0 Å². The lowest BCUT2D eigenvalue weighted by Crippen LogP contribution is -2.40. The second kappa shape index (κ2) is 13.8. The molecule has 0 amide bonds. The molecular weight excluding hydrogens is 620 g/mol. The van der Waals surface area contributed by atoms with Crippen molar-refractivity contribution in [2.45, 2.75) is 39.3 Å². The van der Waals surface area contributed by atoms with Crippen molar-refractivity contribution in [1.29, 1.82) is 0 Å². The lowest BCUT2D eigenvalue weighted by atomic mass is 9.90. The zero-order valence-electron chi connectivity index (χ0n) is 25.8. The molecular formula is C37H33ClN2O5S. The number of thiazole rings is 1. The monoisotopic (exact) mass is 652 g/mol. The molecule has 0 bridgehead atoms. The smallest absolute Gasteiger partial charge is 0.338 e. The molecule has 1 aromatic heterocycles. The van der Waals surface area contributed by atoms with Gasteiger partial charge in [-0.3, -0.25) is 9.36 Å². The van der Waals surface area contributed by atoms with Gasteiger partial charge in [0, 0.05) is 16.1 Å². The number of halogens is 1. The molecule has 9 heteroatoms. The zero-order chi connectivity index (χ0) is 32.2. The zero-order valence-corrected chi connectivity index (χ0v) is 27.4. The summed E-state index contributed by atoms with van der Waals surface area (Å²) in [7, 11) is 1.60. The first-order valence-corrected chi connectivity index (χ1v) is 16.4. The summed E-state index contributed by atoms with van der Waals surface area (Å²) < 4.78 is 19.7. The van der Waals surface area contributed by atoms with Crippen molar-refractivity contribution in [2.75, 3.05) is 13.7 Å². The van der Waals surface area contributed by atoms with Crippen LogP contribution in [0.4, 0.5) is 0 Å². The number of hydrogen-bond acceptors (Lipinski definition) is 7. The third-order valence-electron chi connectivity index (χ3n) is 7.81. The summed E-state index contributed by atoms with van der Waals surface area (Å²) in [6, 6.07) is 26.0. The molecule has 4 aromatic carbocycles. The Morgan fingerprint density at radius 3 is 2.59 bits per heavy atom. The van der Waals surface area contributed by atoms with E-state index in [-0.39, 0.29) is 12.2 Å². The van der Waals surface area contributed by atoms with Crippen LogP contribution in [0.25, 0.3) is 16.8 Å². The Hall–Kier alpha value is -4.66. The molecule has 7 nitrogen and oxygen atoms in total. The molecule has 0 radical (unpaired) electrons. The molecule has 1 atom stereocenters. The average Bonchev–Trinajstić information content (AvgIpc) is 3.37. The highest BCUT2D eigenvalue weighted by Gasteiger charge is 2.37. The molecule has 234 valence electrons. The maximum Gasteiger partial charge on any atom is 0.338 e. The molecule has 1 aliphatic heterocycles. The van der Waals surface area contributed by atoms with Crippen molar-refractivity contribution in [3.05, 3.63) is 138 Å². The molecule has 0 aliphatic carbocycles. The van der Waals surface area contributed by atoms with Crippen LogP contribution in [0.1, 0.15) is 49.4 Å². The quantitative estimate of drug-likeness (QED) is 0.152. The van der Waals surface area contributed by atoms with Gasteiger partial charge in [-0.05, 0) is 60.0 Å². The van der Waals surface area contributed by atoms with E-state index >= 15 is 0 Å². The summed E-state index contributed by atoms with van der Waals surface area (Å²) in [6.45, 7) is 4.31. The Morgan fingerprint density at radius 2 is 1.80 bits per heavy atom. The number of ether oxygens (including phenoxy) is 3. The average molecular weight is 653 g/mol. The second-order valence-electron chi connectivity index (χ2n) is 10.8. The van der Waals surface area contributed by atoms with Gasteiger partial charge in [0.15, 0.2) is 4.80 Å². The molecule has 0 saturated carbocycles. The number of benzene rings is 4. The van der Waals surface area contributed by atoms with Gasteiger partial charge in [0.1, 0.15) is 24.1 Å². The van der Waals surface area contributed by atoms with E-state index in [1.54, 1.807) is 18.6 Å². The standard InChI is InChI=1S/C37H33ClN2O5S/c1-4-11-28-33(36(42)44-5-2)34(32-27-16-8-6-13-24(27)18-19-30(32)43-3)40-35(41)31(46-37(40)39-28)21-25-14-7-9-17-29(25)45-22-23-12-10-15-26(38)20-23/h6-10,12-21,34H,4-5,11,22H2,1-3H3/b31-21-/t34-/m0/s1. The van der Waals surface area contributed by atoms with Gasteiger partial charge in [-0.25, -0.2) is 9.79 Å². The van der Waals surface area contributed by atoms with E-state index < -0.39 is 12.0 Å². The number of fused-ring (bicyclic) bond motifs is 2. The van der Waals surface area contributed by atoms with E-state index in [1.807, 2.05) is 97.9 Å². The van der Waals surface area contributed by atoms with E-state index in [0.29, 0.717) is 55.7 Å². The van der Waals surface area contributed by atoms with Gasteiger partial charge in [0.05, 0.1) is 29.5 Å². The van der Waals surface area contributed by atoms with Gasteiger partial charge in [-0.15, -0.1) is 0 Å². The highest BCUT2D eigenvalue weighted by atomic mass is 35.5. The summed E-state index contributed by atoms with van der Waals surface area (Å²) in [4.78, 5) is 33.6. The Bertz CT molecular complexity index is 2150. The van der Waals surface area contributed by atoms with E-state index in [9.17, 15) is 9.59 Å². The number of allylic oxidation sites excluding steroid dienone is 1. The summed E-state index contributed by atoms with van der Waals surface area (Å²) in [5, 5.41) is 2.47. The van der Waals surface area contributed by atoms with Crippen molar-refractivity contribution in [3.8, 4) is 11.5 Å². The lowest BCUT2D eigenvalue weighted by molar-refractivity contribution is -0.139. The first-order chi connectivity index (χ1) is 22.4. The van der Waals surface area contributed by atoms with Gasteiger partial charge in [-0.1, -0.05) is 96.9 Å². The van der Waals surface area contributed by atoms with E-state index in [4.69, 9.17) is 30.8 Å². The highest BCUT2D eigenvalue weighted by molar-refractivity contribution is 7.07. The molecule has 5 aromatic rings. The first-order valence-electron chi connectivity index (χ1n) is 15.2. The van der Waals surface area contributed by atoms with Crippen LogP contribution in [0.5, 0.6) is 11.5 Å². The van der Waals surface area contributed by atoms with Gasteiger partial charge < -0.3 is 14.2 Å². The third-order valence-corrected chi connectivity index (χ3v) is 9.02. The predicted octanol–water partition coefficient (Wildman–Crippen LogP) is 6.97. The number of esters is 1. The number of para-hydroxylation sites is 1. The minimum absolute atomic E-state index is 0.192. The third kappa shape index (κ3) is 6.10. The fourth-order valence-electron chi connectivity index (χ4n) is 5.79. The molecule has 46 heavy (non-hydrogen) atoms. The maximum atomic E-state index is 14.5.